The van der Waals surface area contributed by atoms with Crippen molar-refractivity contribution in [2.24, 2.45) is 0 Å². The van der Waals surface area contributed by atoms with Gasteiger partial charge >= 0.3 is 5.91 Å². The summed E-state index contributed by atoms with van der Waals surface area (Å²) < 4.78 is 17.3. The molecule has 2 aliphatic rings. The molecular weight excluding hydrogens is 556 g/mol. The summed E-state index contributed by atoms with van der Waals surface area (Å²) in [5.74, 6) is -0.840. The highest BCUT2D eigenvalue weighted by Gasteiger charge is 2.48. The van der Waals surface area contributed by atoms with Crippen LogP contribution in [0, 0.1) is 6.92 Å². The summed E-state index contributed by atoms with van der Waals surface area (Å²) in [5.41, 5.74) is 2.13. The molecule has 42 heavy (non-hydrogen) atoms. The predicted molar refractivity (Wildman–Crippen MR) is 156 cm³/mol. The van der Waals surface area contributed by atoms with Crippen LogP contribution in [-0.4, -0.2) is 40.8 Å². The third-order valence-electron chi connectivity index (χ3n) is 6.99. The van der Waals surface area contributed by atoms with E-state index in [1.54, 1.807) is 49.4 Å². The van der Waals surface area contributed by atoms with E-state index in [1.807, 2.05) is 30.3 Å². The number of anilines is 1. The summed E-state index contributed by atoms with van der Waals surface area (Å²) in [4.78, 5) is 45.5. The monoisotopic (exact) mass is 582 g/mol. The number of aliphatic hydroxyl groups excluding tert-OH is 1. The third-order valence-corrected chi connectivity index (χ3v) is 8.25. The maximum atomic E-state index is 13.6. The fourth-order valence-corrected chi connectivity index (χ4v) is 6.01. The molecule has 2 aliphatic heterocycles. The lowest BCUT2D eigenvalue weighted by molar-refractivity contribution is -0.132. The molecule has 1 aromatic heterocycles. The molecular formula is C32H26N2O7S. The highest BCUT2D eigenvalue weighted by atomic mass is 32.1. The van der Waals surface area contributed by atoms with Crippen molar-refractivity contribution in [1.82, 2.24) is 4.98 Å². The summed E-state index contributed by atoms with van der Waals surface area (Å²) >= 11 is 1.03. The molecule has 0 spiro atoms. The highest BCUT2D eigenvalue weighted by Crippen LogP contribution is 2.45. The number of thiazole rings is 1. The van der Waals surface area contributed by atoms with Crippen LogP contribution >= 0.6 is 11.3 Å². The molecule has 0 aliphatic carbocycles. The van der Waals surface area contributed by atoms with E-state index in [4.69, 9.17) is 14.2 Å². The summed E-state index contributed by atoms with van der Waals surface area (Å²) in [6, 6.07) is 20.5. The van der Waals surface area contributed by atoms with E-state index in [0.717, 1.165) is 16.9 Å². The molecule has 10 heteroatoms. The smallest absolute Gasteiger partial charge is 0.301 e. The Morgan fingerprint density at radius 2 is 1.79 bits per heavy atom. The molecule has 212 valence electrons. The van der Waals surface area contributed by atoms with Crippen molar-refractivity contribution in [2.45, 2.75) is 26.5 Å². The van der Waals surface area contributed by atoms with Gasteiger partial charge in [-0.2, -0.15) is 0 Å². The van der Waals surface area contributed by atoms with Crippen molar-refractivity contribution in [1.29, 1.82) is 0 Å². The van der Waals surface area contributed by atoms with Crippen molar-refractivity contribution in [2.75, 3.05) is 18.1 Å². The largest absolute Gasteiger partial charge is 0.507 e. The van der Waals surface area contributed by atoms with E-state index >= 15 is 0 Å². The number of aryl methyl sites for hydroxylation is 1. The van der Waals surface area contributed by atoms with E-state index in [1.165, 1.54) is 11.8 Å². The Hall–Kier alpha value is -4.96. The maximum Gasteiger partial charge on any atom is 0.301 e. The van der Waals surface area contributed by atoms with Gasteiger partial charge in [0.2, 0.25) is 0 Å². The molecule has 3 heterocycles. The van der Waals surface area contributed by atoms with Gasteiger partial charge in [0.15, 0.2) is 22.4 Å². The standard InChI is InChI=1S/C32H26N2O7S/c1-18-30(19(2)35)42-32(33-18)34-27(21-9-6-10-23(15-21)41-17-20-7-4-3-5-8-20)26(29(37)31(34)38)28(36)22-11-12-24-25(16-22)40-14-13-39-24/h3-12,15-16,27,36H,13-14,17H2,1-2H3/b28-26+/t27-/m1/s1. The number of ether oxygens (including phenoxy) is 3. The number of aromatic nitrogens is 1. The van der Waals surface area contributed by atoms with Crippen LogP contribution < -0.4 is 19.1 Å². The van der Waals surface area contributed by atoms with E-state index in [9.17, 15) is 19.5 Å². The lowest BCUT2D eigenvalue weighted by atomic mass is 9.95. The summed E-state index contributed by atoms with van der Waals surface area (Å²) in [6.07, 6.45) is 0. The first kappa shape index (κ1) is 27.2. The van der Waals surface area contributed by atoms with Gasteiger partial charge in [-0.3, -0.25) is 19.3 Å². The maximum absolute atomic E-state index is 13.6. The second kappa shape index (κ2) is 11.1. The number of carbonyl (C=O) groups excluding carboxylic acids is 3. The Balaban J connectivity index is 1.46. The first-order valence-corrected chi connectivity index (χ1v) is 14.1. The minimum absolute atomic E-state index is 0.117. The minimum atomic E-state index is -1.04. The van der Waals surface area contributed by atoms with E-state index in [-0.39, 0.29) is 22.2 Å². The van der Waals surface area contributed by atoms with Crippen LogP contribution in [0.1, 0.15) is 45.0 Å². The average Bonchev–Trinajstić information content (AvgIpc) is 3.52. The molecule has 1 fully saturated rings. The van der Waals surface area contributed by atoms with Crippen LogP contribution in [0.3, 0.4) is 0 Å². The number of amides is 1. The number of hydrogen-bond donors (Lipinski definition) is 1. The number of nitrogens with zero attached hydrogens (tertiary/aromatic N) is 2. The third kappa shape index (κ3) is 5.01. The number of carbonyl (C=O) groups is 3. The second-order valence-corrected chi connectivity index (χ2v) is 10.8. The van der Waals surface area contributed by atoms with Crippen LogP contribution in [0.25, 0.3) is 5.76 Å². The Morgan fingerprint density at radius 1 is 1.02 bits per heavy atom. The lowest BCUT2D eigenvalue weighted by Crippen LogP contribution is -2.29. The van der Waals surface area contributed by atoms with Gasteiger partial charge < -0.3 is 19.3 Å². The van der Waals surface area contributed by atoms with Gasteiger partial charge in [-0.05, 0) is 48.4 Å². The van der Waals surface area contributed by atoms with Gasteiger partial charge in [0.25, 0.3) is 5.78 Å². The van der Waals surface area contributed by atoms with Crippen molar-refractivity contribution in [3.05, 3.63) is 106 Å². The van der Waals surface area contributed by atoms with E-state index in [2.05, 4.69) is 4.98 Å². The Morgan fingerprint density at radius 3 is 2.52 bits per heavy atom. The van der Waals surface area contributed by atoms with Gasteiger partial charge in [0.1, 0.15) is 31.3 Å². The lowest BCUT2D eigenvalue weighted by Gasteiger charge is -2.24. The molecule has 0 saturated carbocycles. The van der Waals surface area contributed by atoms with Crippen molar-refractivity contribution >= 4 is 39.7 Å². The molecule has 9 nitrogen and oxygen atoms in total. The fourth-order valence-electron chi connectivity index (χ4n) is 5.02. The summed E-state index contributed by atoms with van der Waals surface area (Å²) in [7, 11) is 0. The van der Waals surface area contributed by atoms with Gasteiger partial charge in [0, 0.05) is 12.5 Å². The zero-order valence-corrected chi connectivity index (χ0v) is 23.6. The Bertz CT molecular complexity index is 1740. The van der Waals surface area contributed by atoms with Gasteiger partial charge in [-0.25, -0.2) is 4.98 Å². The van der Waals surface area contributed by atoms with Gasteiger partial charge in [0.05, 0.1) is 22.2 Å². The van der Waals surface area contributed by atoms with Crippen LogP contribution in [0.2, 0.25) is 0 Å². The van der Waals surface area contributed by atoms with E-state index in [0.29, 0.717) is 58.8 Å². The molecule has 1 N–H and O–H groups in total. The quantitative estimate of drug-likeness (QED) is 0.129. The first-order chi connectivity index (χ1) is 20.3. The normalized spacial score (nSPS) is 17.4. The van der Waals surface area contributed by atoms with Gasteiger partial charge in [-0.1, -0.05) is 53.8 Å². The molecule has 0 radical (unpaired) electrons. The molecule has 6 rings (SSSR count). The van der Waals surface area contributed by atoms with Crippen LogP contribution in [0.5, 0.6) is 17.2 Å². The van der Waals surface area contributed by atoms with Crippen molar-refractivity contribution in [3.8, 4) is 17.2 Å². The fraction of sp³-hybridized carbons (Fsp3) is 0.188. The summed E-state index contributed by atoms with van der Waals surface area (Å²) in [6.45, 7) is 4.16. The van der Waals surface area contributed by atoms with E-state index < -0.39 is 17.7 Å². The highest BCUT2D eigenvalue weighted by molar-refractivity contribution is 7.18. The van der Waals surface area contributed by atoms with Crippen LogP contribution in [-0.2, 0) is 16.2 Å². The Kier molecular flexibility index (Phi) is 7.22. The van der Waals surface area contributed by atoms with Crippen molar-refractivity contribution in [3.63, 3.8) is 0 Å². The molecule has 1 saturated heterocycles. The number of Topliss-reactive ketones (excluding diaryl/α,β-unsaturated/α-hetero) is 2. The number of ketones is 2. The average molecular weight is 583 g/mol. The van der Waals surface area contributed by atoms with Crippen LogP contribution in [0.4, 0.5) is 5.13 Å². The molecule has 1 amide bonds. The topological polar surface area (TPSA) is 115 Å². The first-order valence-electron chi connectivity index (χ1n) is 13.3. The zero-order valence-electron chi connectivity index (χ0n) is 22.8. The molecule has 3 aromatic carbocycles. The number of benzene rings is 3. The Labute approximate surface area is 245 Å². The summed E-state index contributed by atoms with van der Waals surface area (Å²) in [5, 5.41) is 11.7. The van der Waals surface area contributed by atoms with Crippen molar-refractivity contribution < 1.29 is 33.7 Å². The number of aliphatic hydroxyl groups is 1. The number of fused-ring (bicyclic) bond motifs is 1. The molecule has 1 atom stereocenters. The number of rotatable bonds is 7. The predicted octanol–water partition coefficient (Wildman–Crippen LogP) is 5.63. The van der Waals surface area contributed by atoms with Crippen LogP contribution in [0.15, 0.2) is 78.4 Å². The zero-order chi connectivity index (χ0) is 29.4. The molecule has 4 aromatic rings. The molecule has 0 unspecified atom stereocenters. The molecule has 0 bridgehead atoms. The second-order valence-electron chi connectivity index (χ2n) is 9.84. The van der Waals surface area contributed by atoms with Gasteiger partial charge in [-0.15, -0.1) is 0 Å². The minimum Gasteiger partial charge on any atom is -0.507 e. The SMILES string of the molecule is CC(=O)c1sc(N2C(=O)C(=O)/C(=C(/O)c3ccc4c(c3)OCCO4)[C@H]2c2cccc(OCc3ccccc3)c2)nc1C. The number of hydrogen-bond acceptors (Lipinski definition) is 9.